The Morgan fingerprint density at radius 1 is 0.714 bits per heavy atom. The van der Waals surface area contributed by atoms with Crippen molar-refractivity contribution in [3.8, 4) is 0 Å². The van der Waals surface area contributed by atoms with Crippen LogP contribution in [0.3, 0.4) is 0 Å². The first-order valence-corrected chi connectivity index (χ1v) is 12.6. The summed E-state index contributed by atoms with van der Waals surface area (Å²) in [5.41, 5.74) is 7.04. The first-order valence-electron chi connectivity index (χ1n) is 10.1. The minimum absolute atomic E-state index is 0.00342. The van der Waals surface area contributed by atoms with Crippen molar-refractivity contribution in [2.45, 2.75) is 48.9 Å². The highest BCUT2D eigenvalue weighted by Gasteiger charge is 2.34. The van der Waals surface area contributed by atoms with Gasteiger partial charge < -0.3 is 0 Å². The molecule has 3 aromatic carbocycles. The van der Waals surface area contributed by atoms with Gasteiger partial charge in [-0.3, -0.25) is 0 Å². The second-order valence-electron chi connectivity index (χ2n) is 8.74. The number of halogens is 1. The third-order valence-corrected chi connectivity index (χ3v) is 8.48. The van der Waals surface area contributed by atoms with Crippen LogP contribution < -0.4 is 0 Å². The Labute approximate surface area is 179 Å². The van der Waals surface area contributed by atoms with E-state index in [0.717, 1.165) is 3.92 Å². The lowest BCUT2D eigenvalue weighted by Gasteiger charge is -2.32. The summed E-state index contributed by atoms with van der Waals surface area (Å²) in [4.78, 5) is 0. The van der Waals surface area contributed by atoms with E-state index in [2.05, 4.69) is 111 Å². The van der Waals surface area contributed by atoms with E-state index >= 15 is 0 Å². The first-order chi connectivity index (χ1) is 13.4. The molecule has 0 bridgehead atoms. The summed E-state index contributed by atoms with van der Waals surface area (Å²) < 4.78 is 3.42. The molecule has 4 rings (SSSR count). The second-order valence-corrected chi connectivity index (χ2v) is 11.8. The molecule has 0 nitrogen and oxygen atoms in total. The van der Waals surface area contributed by atoms with Gasteiger partial charge >= 0.3 is 0 Å². The van der Waals surface area contributed by atoms with Gasteiger partial charge in [0.05, 0.1) is 0 Å². The van der Waals surface area contributed by atoms with Gasteiger partial charge in [-0.15, -0.1) is 20.7 Å². The van der Waals surface area contributed by atoms with Crippen molar-refractivity contribution in [1.29, 1.82) is 0 Å². The van der Waals surface area contributed by atoms with E-state index in [1.807, 2.05) is 0 Å². The summed E-state index contributed by atoms with van der Waals surface area (Å²) >= 11 is 0.340. The Balaban J connectivity index is 1.69. The topological polar surface area (TPSA) is 0 Å². The average Bonchev–Trinajstić information content (AvgIpc) is 3.52. The molecule has 0 N–H and O–H groups in total. The normalized spacial score (nSPS) is 18.2. The largest absolute Gasteiger partial charge is 0.118 e. The summed E-state index contributed by atoms with van der Waals surface area (Å²) in [7, 11) is 0. The Bertz CT molecular complexity index is 976. The minimum atomic E-state index is 0.00342. The molecule has 1 aliphatic rings. The molecule has 2 unspecified atom stereocenters. The molecule has 1 heteroatoms. The van der Waals surface area contributed by atoms with Gasteiger partial charge in [-0.05, 0) is 39.6 Å². The van der Waals surface area contributed by atoms with Crippen molar-refractivity contribution in [2.24, 2.45) is 0 Å². The second kappa shape index (κ2) is 7.59. The molecule has 1 heterocycles. The zero-order valence-corrected chi connectivity index (χ0v) is 19.4. The summed E-state index contributed by atoms with van der Waals surface area (Å²) in [6, 6.07) is 29.4. The number of aryl methyl sites for hydroxylation is 1. The average molecular weight is 480 g/mol. The minimum Gasteiger partial charge on any atom is -0.118 e. The molecule has 0 radical (unpaired) electrons. The van der Waals surface area contributed by atoms with E-state index in [-0.39, 0.29) is 10.8 Å². The fourth-order valence-electron chi connectivity index (χ4n) is 4.19. The van der Waals surface area contributed by atoms with Crippen molar-refractivity contribution in [2.75, 3.05) is 0 Å². The van der Waals surface area contributed by atoms with Gasteiger partial charge in [-0.1, -0.05) is 105 Å². The molecular formula is C27H29I. The molecule has 0 fully saturated rings. The van der Waals surface area contributed by atoms with Gasteiger partial charge in [-0.25, -0.2) is 0 Å². The molecule has 0 spiro atoms. The molecule has 3 aromatic rings. The number of hydrogen-bond donors (Lipinski definition) is 0. The summed E-state index contributed by atoms with van der Waals surface area (Å²) in [5, 5.41) is 0. The Kier molecular flexibility index (Phi) is 5.30. The number of rotatable bonds is 6. The lowest BCUT2D eigenvalue weighted by Crippen LogP contribution is -2.26. The van der Waals surface area contributed by atoms with Crippen LogP contribution >= 0.6 is 20.7 Å². The van der Waals surface area contributed by atoms with E-state index in [0.29, 0.717) is 20.7 Å². The number of hydrogen-bond acceptors (Lipinski definition) is 0. The van der Waals surface area contributed by atoms with Gasteiger partial charge in [0, 0.05) is 14.8 Å². The molecule has 0 saturated heterocycles. The smallest absolute Gasteiger partial charge is 0.0303 e. The number of alkyl halides is 1. The maximum absolute atomic E-state index is 2.55. The molecule has 0 aliphatic carbocycles. The molecule has 0 aromatic heterocycles. The fourth-order valence-corrected chi connectivity index (χ4v) is 5.88. The van der Waals surface area contributed by atoms with Crippen LogP contribution in [0.25, 0.3) is 0 Å². The van der Waals surface area contributed by atoms with Gasteiger partial charge in [0.1, 0.15) is 0 Å². The van der Waals surface area contributed by atoms with Crippen molar-refractivity contribution in [3.05, 3.63) is 107 Å². The van der Waals surface area contributed by atoms with Gasteiger partial charge in [0.2, 0.25) is 0 Å². The molecule has 2 atom stereocenters. The summed E-state index contributed by atoms with van der Waals surface area (Å²) in [6.07, 6.45) is 1.24. The van der Waals surface area contributed by atoms with E-state index in [1.165, 1.54) is 34.2 Å². The van der Waals surface area contributed by atoms with Gasteiger partial charge in [-0.2, -0.15) is 0 Å². The van der Waals surface area contributed by atoms with Crippen LogP contribution in [0.15, 0.2) is 78.9 Å². The third-order valence-electron chi connectivity index (χ3n) is 6.30. The van der Waals surface area contributed by atoms with Crippen LogP contribution in [0.5, 0.6) is 0 Å². The molecule has 0 saturated carbocycles. The highest BCUT2D eigenvalue weighted by molar-refractivity contribution is 14.2. The van der Waals surface area contributed by atoms with Crippen molar-refractivity contribution in [3.63, 3.8) is 0 Å². The maximum atomic E-state index is 2.55. The monoisotopic (exact) mass is 480 g/mol. The van der Waals surface area contributed by atoms with Gasteiger partial charge in [0.25, 0.3) is 0 Å². The zero-order chi connectivity index (χ0) is 19.8. The van der Waals surface area contributed by atoms with Crippen LogP contribution in [0.1, 0.15) is 55.0 Å². The van der Waals surface area contributed by atoms with Crippen molar-refractivity contribution < 1.29 is 0 Å². The highest BCUT2D eigenvalue weighted by atomic mass is 127. The van der Waals surface area contributed by atoms with Gasteiger partial charge in [0.15, 0.2) is 0 Å². The van der Waals surface area contributed by atoms with Crippen LogP contribution in [0.2, 0.25) is 0 Å². The van der Waals surface area contributed by atoms with E-state index in [9.17, 15) is 0 Å². The molecule has 28 heavy (non-hydrogen) atoms. The summed E-state index contributed by atoms with van der Waals surface area (Å²) in [6.45, 7) is 9.26. The van der Waals surface area contributed by atoms with E-state index in [1.54, 1.807) is 0 Å². The highest BCUT2D eigenvalue weighted by Crippen LogP contribution is 2.43. The van der Waals surface area contributed by atoms with Crippen LogP contribution in [-0.4, -0.2) is 7.94 Å². The lowest BCUT2D eigenvalue weighted by molar-refractivity contribution is 0.546. The molecular weight excluding hydrogens is 451 g/mol. The van der Waals surface area contributed by atoms with E-state index in [4.69, 9.17) is 0 Å². The zero-order valence-electron chi connectivity index (χ0n) is 17.2. The predicted molar refractivity (Wildman–Crippen MR) is 131 cm³/mol. The molecule has 144 valence electrons. The quantitative estimate of drug-likeness (QED) is 0.259. The molecule has 1 aliphatic heterocycles. The van der Waals surface area contributed by atoms with E-state index < -0.39 is 0 Å². The molecule has 0 amide bonds. The van der Waals surface area contributed by atoms with Crippen LogP contribution in [0, 0.1) is 6.92 Å². The number of benzene rings is 3. The Hall–Kier alpha value is -1.74. The Morgan fingerprint density at radius 2 is 1.29 bits per heavy atom. The fraction of sp³-hybridized carbons (Fsp3) is 0.296. The van der Waals surface area contributed by atoms with Crippen molar-refractivity contribution >= 4 is 24.7 Å². The lowest BCUT2D eigenvalue weighted by atomic mass is 9.71. The Morgan fingerprint density at radius 3 is 1.89 bits per heavy atom. The predicted octanol–water partition coefficient (Wildman–Crippen LogP) is 7.17. The SMILES string of the molecule is Cc1cccc(C(C)(C)c2ccc(C(C)(CC3C=I3)c3ccccc3)cc2)c1. The third kappa shape index (κ3) is 3.87. The first kappa shape index (κ1) is 19.6. The maximum Gasteiger partial charge on any atom is 0.0303 e. The van der Waals surface area contributed by atoms with Crippen LogP contribution in [0.4, 0.5) is 0 Å². The standard InChI is InChI=1S/C27H29I/c1-20-9-8-12-24(17-20)26(2,3)21-13-15-23(16-14-21)27(4,18-25-19-28-25)22-10-6-5-7-11-22/h5-17,19,25H,18H2,1-4H3. The summed E-state index contributed by atoms with van der Waals surface area (Å²) in [5.74, 6) is 0. The van der Waals surface area contributed by atoms with Crippen LogP contribution in [-0.2, 0) is 10.8 Å². The van der Waals surface area contributed by atoms with Crippen molar-refractivity contribution in [1.82, 2.24) is 0 Å².